The van der Waals surface area contributed by atoms with Crippen molar-refractivity contribution in [2.24, 2.45) is 10.7 Å². The van der Waals surface area contributed by atoms with E-state index in [4.69, 9.17) is 10.5 Å². The monoisotopic (exact) mass is 490 g/mol. The lowest BCUT2D eigenvalue weighted by atomic mass is 10.1. The lowest BCUT2D eigenvalue weighted by molar-refractivity contribution is 0.0989. The summed E-state index contributed by atoms with van der Waals surface area (Å²) in [5, 5.41) is 0. The Morgan fingerprint density at radius 1 is 1.09 bits per heavy atom. The van der Waals surface area contributed by atoms with Crippen LogP contribution in [0.2, 0.25) is 0 Å². The summed E-state index contributed by atoms with van der Waals surface area (Å²) in [7, 11) is -3.89. The highest BCUT2D eigenvalue weighted by Gasteiger charge is 2.35. The molecule has 0 bridgehead atoms. The molecular weight excluding hydrogens is 464 g/mol. The fourth-order valence-corrected chi connectivity index (χ4v) is 5.90. The first kappa shape index (κ1) is 22.9. The summed E-state index contributed by atoms with van der Waals surface area (Å²) >= 11 is 0. The van der Waals surface area contributed by atoms with Crippen LogP contribution in [0.4, 0.5) is 5.69 Å². The number of aliphatic imine (C=N–C) groups is 1. The van der Waals surface area contributed by atoms with Crippen molar-refractivity contribution in [2.45, 2.75) is 24.3 Å². The van der Waals surface area contributed by atoms with E-state index in [1.165, 1.54) is 6.07 Å². The number of hydrogen-bond acceptors (Lipinski definition) is 6. The molecule has 9 heteroatoms. The summed E-state index contributed by atoms with van der Waals surface area (Å²) in [5.74, 6) is 0.552. The normalized spacial score (nSPS) is 17.3. The Balaban J connectivity index is 1.36. The zero-order chi connectivity index (χ0) is 24.6. The molecule has 2 aliphatic heterocycles. The number of nitrogens with zero attached hydrogens (tertiary/aromatic N) is 3. The van der Waals surface area contributed by atoms with E-state index in [-0.39, 0.29) is 29.3 Å². The van der Waals surface area contributed by atoms with Crippen molar-refractivity contribution >= 4 is 27.6 Å². The first-order valence-electron chi connectivity index (χ1n) is 11.5. The van der Waals surface area contributed by atoms with E-state index in [1.807, 2.05) is 37.3 Å². The van der Waals surface area contributed by atoms with Crippen molar-refractivity contribution in [1.82, 2.24) is 4.31 Å². The van der Waals surface area contributed by atoms with Crippen LogP contribution < -0.4 is 15.4 Å². The predicted molar refractivity (Wildman–Crippen MR) is 134 cm³/mol. The Morgan fingerprint density at radius 3 is 2.54 bits per heavy atom. The zero-order valence-electron chi connectivity index (χ0n) is 19.3. The van der Waals surface area contributed by atoms with Gasteiger partial charge in [0.1, 0.15) is 5.75 Å². The molecule has 3 aromatic carbocycles. The number of ether oxygens (including phenoxy) is 1. The number of benzene rings is 3. The predicted octanol–water partition coefficient (Wildman–Crippen LogP) is 3.35. The van der Waals surface area contributed by atoms with Crippen LogP contribution in [0.15, 0.2) is 82.7 Å². The summed E-state index contributed by atoms with van der Waals surface area (Å²) in [5.41, 5.74) is 9.01. The number of carbonyl (C=O) groups excluding carboxylic acids is 1. The number of amides is 1. The van der Waals surface area contributed by atoms with Gasteiger partial charge in [0.2, 0.25) is 5.96 Å². The van der Waals surface area contributed by atoms with Crippen molar-refractivity contribution < 1.29 is 17.9 Å². The van der Waals surface area contributed by atoms with Crippen LogP contribution in [0.1, 0.15) is 34.5 Å². The smallest absolute Gasteiger partial charge is 0.266 e. The second-order valence-electron chi connectivity index (χ2n) is 8.40. The van der Waals surface area contributed by atoms with Crippen molar-refractivity contribution in [3.63, 3.8) is 0 Å². The topological polar surface area (TPSA) is 105 Å². The molecule has 0 aliphatic carbocycles. The van der Waals surface area contributed by atoms with Crippen LogP contribution in [-0.2, 0) is 16.4 Å². The van der Waals surface area contributed by atoms with Gasteiger partial charge in [-0.25, -0.2) is 17.7 Å². The number of hydrogen-bond donors (Lipinski definition) is 1. The molecule has 3 aromatic rings. The molecule has 1 amide bonds. The van der Waals surface area contributed by atoms with E-state index in [1.54, 1.807) is 41.3 Å². The van der Waals surface area contributed by atoms with E-state index in [0.717, 1.165) is 15.4 Å². The molecular formula is C26H26N4O4S. The lowest BCUT2D eigenvalue weighted by Crippen LogP contribution is -2.39. The molecule has 2 N–H and O–H groups in total. The van der Waals surface area contributed by atoms with Gasteiger partial charge < -0.3 is 15.4 Å². The first-order valence-corrected chi connectivity index (χ1v) is 12.9. The molecule has 2 aliphatic rings. The summed E-state index contributed by atoms with van der Waals surface area (Å²) in [4.78, 5) is 19.3. The third kappa shape index (κ3) is 4.23. The molecule has 0 saturated carbocycles. The van der Waals surface area contributed by atoms with Gasteiger partial charge in [-0.3, -0.25) is 4.79 Å². The number of carbonyl (C=O) groups is 1. The average molecular weight is 491 g/mol. The van der Waals surface area contributed by atoms with Gasteiger partial charge >= 0.3 is 0 Å². The number of guanidine groups is 1. The Bertz CT molecular complexity index is 1390. The highest BCUT2D eigenvalue weighted by atomic mass is 32.2. The molecule has 0 saturated heterocycles. The van der Waals surface area contributed by atoms with Gasteiger partial charge in [-0.1, -0.05) is 30.3 Å². The maximum Gasteiger partial charge on any atom is 0.266 e. The average Bonchev–Trinajstić information content (AvgIpc) is 3.48. The highest BCUT2D eigenvalue weighted by Crippen LogP contribution is 2.34. The van der Waals surface area contributed by atoms with Crippen LogP contribution in [-0.4, -0.2) is 44.3 Å². The first-order chi connectivity index (χ1) is 16.9. The van der Waals surface area contributed by atoms with Crippen LogP contribution >= 0.6 is 0 Å². The van der Waals surface area contributed by atoms with Gasteiger partial charge in [-0.15, -0.1) is 0 Å². The lowest BCUT2D eigenvalue weighted by Gasteiger charge is -2.20. The molecule has 0 radical (unpaired) electrons. The van der Waals surface area contributed by atoms with Crippen molar-refractivity contribution in [1.29, 1.82) is 0 Å². The highest BCUT2D eigenvalue weighted by molar-refractivity contribution is 7.89. The minimum atomic E-state index is -3.89. The van der Waals surface area contributed by atoms with Crippen LogP contribution in [0.25, 0.3) is 0 Å². The summed E-state index contributed by atoms with van der Waals surface area (Å²) < 4.78 is 33.4. The van der Waals surface area contributed by atoms with Crippen LogP contribution in [0, 0.1) is 0 Å². The molecule has 0 aromatic heterocycles. The van der Waals surface area contributed by atoms with Gasteiger partial charge in [0, 0.05) is 17.8 Å². The van der Waals surface area contributed by atoms with Gasteiger partial charge in [0.05, 0.1) is 24.1 Å². The van der Waals surface area contributed by atoms with Crippen molar-refractivity contribution in [3.8, 4) is 5.75 Å². The second-order valence-corrected chi connectivity index (χ2v) is 10.3. The number of rotatable bonds is 6. The third-order valence-corrected chi connectivity index (χ3v) is 8.02. The molecule has 0 spiro atoms. The SMILES string of the molecule is CCOc1ccc(C(=O)N2CCc3cc(S(=O)(=O)N4CC(c5ccccc5)N=C4N)ccc32)cc1. The molecule has 1 atom stereocenters. The van der Waals surface area contributed by atoms with Crippen LogP contribution in [0.5, 0.6) is 5.75 Å². The van der Waals surface area contributed by atoms with E-state index in [9.17, 15) is 13.2 Å². The molecule has 0 fully saturated rings. The molecule has 2 heterocycles. The maximum atomic E-state index is 13.4. The quantitative estimate of drug-likeness (QED) is 0.571. The largest absolute Gasteiger partial charge is 0.494 e. The molecule has 35 heavy (non-hydrogen) atoms. The summed E-state index contributed by atoms with van der Waals surface area (Å²) in [6, 6.07) is 21.0. The zero-order valence-corrected chi connectivity index (χ0v) is 20.1. The minimum Gasteiger partial charge on any atom is -0.494 e. The van der Waals surface area contributed by atoms with Gasteiger partial charge in [-0.05, 0) is 66.9 Å². The van der Waals surface area contributed by atoms with Gasteiger partial charge in [-0.2, -0.15) is 0 Å². The number of anilines is 1. The van der Waals surface area contributed by atoms with Crippen molar-refractivity contribution in [3.05, 3.63) is 89.5 Å². The Hall–Kier alpha value is -3.85. The Kier molecular flexibility index (Phi) is 5.94. The number of sulfonamides is 1. The van der Waals surface area contributed by atoms with E-state index in [0.29, 0.717) is 36.6 Å². The molecule has 1 unspecified atom stereocenters. The van der Waals surface area contributed by atoms with Gasteiger partial charge in [0.15, 0.2) is 0 Å². The maximum absolute atomic E-state index is 13.4. The number of nitrogens with two attached hydrogens (primary N) is 1. The van der Waals surface area contributed by atoms with E-state index >= 15 is 0 Å². The summed E-state index contributed by atoms with van der Waals surface area (Å²) in [6.07, 6.45) is 0.567. The minimum absolute atomic E-state index is 0.0216. The standard InChI is InChI=1S/C26H26N4O4S/c1-2-34-21-10-8-19(9-11-21)25(31)29-15-14-20-16-22(12-13-24(20)29)35(32,33)30-17-23(28-26(30)27)18-6-4-3-5-7-18/h3-13,16,23H,2,14-15,17H2,1H3,(H2,27,28). The molecule has 180 valence electrons. The molecule has 8 nitrogen and oxygen atoms in total. The Labute approximate surface area is 204 Å². The Morgan fingerprint density at radius 2 is 1.83 bits per heavy atom. The van der Waals surface area contributed by atoms with Crippen molar-refractivity contribution in [2.75, 3.05) is 24.6 Å². The fourth-order valence-electron chi connectivity index (χ4n) is 4.48. The second kappa shape index (κ2) is 9.07. The summed E-state index contributed by atoms with van der Waals surface area (Å²) in [6.45, 7) is 3.09. The fraction of sp³-hybridized carbons (Fsp3) is 0.231. The van der Waals surface area contributed by atoms with Gasteiger partial charge in [0.25, 0.3) is 15.9 Å². The number of fused-ring (bicyclic) bond motifs is 1. The molecule has 5 rings (SSSR count). The van der Waals surface area contributed by atoms with Crippen LogP contribution in [0.3, 0.4) is 0 Å². The van der Waals surface area contributed by atoms with E-state index in [2.05, 4.69) is 4.99 Å². The van der Waals surface area contributed by atoms with E-state index < -0.39 is 10.0 Å². The third-order valence-electron chi connectivity index (χ3n) is 6.26.